The van der Waals surface area contributed by atoms with Gasteiger partial charge in [-0.1, -0.05) is 29.8 Å². The molecule has 7 heteroatoms. The Kier molecular flexibility index (Phi) is 7.01. The molecule has 3 aromatic carbocycles. The molecule has 0 atom stereocenters. The molecule has 194 valence electrons. The molecule has 1 N–H and O–H groups in total. The van der Waals surface area contributed by atoms with Gasteiger partial charge in [-0.15, -0.1) is 0 Å². The van der Waals surface area contributed by atoms with Crippen LogP contribution in [0.1, 0.15) is 27.2 Å². The van der Waals surface area contributed by atoms with E-state index in [9.17, 15) is 14.0 Å². The summed E-state index contributed by atoms with van der Waals surface area (Å²) in [6.07, 6.45) is 0. The Bertz CT molecular complexity index is 1470. The van der Waals surface area contributed by atoms with Gasteiger partial charge in [0, 0.05) is 43.2 Å². The van der Waals surface area contributed by atoms with Gasteiger partial charge in [0.2, 0.25) is 0 Å². The van der Waals surface area contributed by atoms with Gasteiger partial charge in [-0.25, -0.2) is 9.18 Å². The number of carbonyl (C=O) groups is 2. The third-order valence-electron chi connectivity index (χ3n) is 7.03. The van der Waals surface area contributed by atoms with Crippen LogP contribution in [0.4, 0.5) is 14.9 Å². The number of hydrogen-bond donors (Lipinski definition) is 1. The molecule has 5 rings (SSSR count). The van der Waals surface area contributed by atoms with Gasteiger partial charge in [0.25, 0.3) is 5.91 Å². The zero-order valence-electron chi connectivity index (χ0n) is 21.9. The van der Waals surface area contributed by atoms with Crippen molar-refractivity contribution in [2.75, 3.05) is 31.5 Å². The van der Waals surface area contributed by atoms with Gasteiger partial charge in [0.05, 0.1) is 11.3 Å². The summed E-state index contributed by atoms with van der Waals surface area (Å²) in [5, 5.41) is 2.95. The highest BCUT2D eigenvalue weighted by atomic mass is 19.1. The predicted molar refractivity (Wildman–Crippen MR) is 148 cm³/mol. The second-order valence-corrected chi connectivity index (χ2v) is 9.79. The van der Waals surface area contributed by atoms with Crippen LogP contribution >= 0.6 is 0 Å². The quantitative estimate of drug-likeness (QED) is 0.356. The number of anilines is 1. The summed E-state index contributed by atoms with van der Waals surface area (Å²) in [5.74, 6) is -0.380. The van der Waals surface area contributed by atoms with E-state index in [0.717, 1.165) is 39.5 Å². The van der Waals surface area contributed by atoms with Crippen LogP contribution in [0, 0.1) is 26.6 Å². The first-order chi connectivity index (χ1) is 18.3. The Morgan fingerprint density at radius 1 is 0.763 bits per heavy atom. The second kappa shape index (κ2) is 10.5. The van der Waals surface area contributed by atoms with Crippen LogP contribution in [0.15, 0.2) is 78.9 Å². The van der Waals surface area contributed by atoms with Gasteiger partial charge >= 0.3 is 6.03 Å². The summed E-state index contributed by atoms with van der Waals surface area (Å²) in [6.45, 7) is 7.74. The van der Waals surface area contributed by atoms with Crippen LogP contribution < -0.4 is 5.32 Å². The summed E-state index contributed by atoms with van der Waals surface area (Å²) in [5.41, 5.74) is 6.98. The molecule has 38 heavy (non-hydrogen) atoms. The Morgan fingerprint density at radius 3 is 2.08 bits per heavy atom. The summed E-state index contributed by atoms with van der Waals surface area (Å²) in [7, 11) is 0. The fraction of sp³-hybridized carbons (Fsp3) is 0.226. The first-order valence-electron chi connectivity index (χ1n) is 12.8. The van der Waals surface area contributed by atoms with Gasteiger partial charge < -0.3 is 19.7 Å². The molecule has 0 bridgehead atoms. The van der Waals surface area contributed by atoms with Crippen LogP contribution in [-0.2, 0) is 0 Å². The van der Waals surface area contributed by atoms with Gasteiger partial charge in [-0.3, -0.25) is 4.79 Å². The van der Waals surface area contributed by atoms with Crippen molar-refractivity contribution >= 4 is 17.6 Å². The van der Waals surface area contributed by atoms with Gasteiger partial charge in [0.1, 0.15) is 5.82 Å². The van der Waals surface area contributed by atoms with Crippen molar-refractivity contribution in [1.82, 2.24) is 14.4 Å². The molecule has 1 saturated heterocycles. The van der Waals surface area contributed by atoms with E-state index >= 15 is 0 Å². The molecule has 2 heterocycles. The molecule has 1 aliphatic rings. The van der Waals surface area contributed by atoms with Crippen LogP contribution in [0.2, 0.25) is 0 Å². The SMILES string of the molecule is Cc1ccc(-n2c(-c3ccc(F)cc3)cc(C(=O)N3CCN(C(=O)Nc4cccc(C)c4)CC3)c2C)cc1. The van der Waals surface area contributed by atoms with Crippen molar-refractivity contribution in [3.05, 3.63) is 107 Å². The standard InChI is InChI=1S/C31H31FN4O2/c1-21-7-13-27(14-8-21)36-23(3)28(20-29(36)24-9-11-25(32)12-10-24)30(37)34-15-17-35(18-16-34)31(38)33-26-6-4-5-22(2)19-26/h4-14,19-20H,15-18H2,1-3H3,(H,33,38). The molecule has 1 aromatic heterocycles. The average Bonchev–Trinajstić information content (AvgIpc) is 3.26. The summed E-state index contributed by atoms with van der Waals surface area (Å²) < 4.78 is 15.7. The summed E-state index contributed by atoms with van der Waals surface area (Å²) >= 11 is 0. The van der Waals surface area contributed by atoms with Crippen LogP contribution in [-0.4, -0.2) is 52.5 Å². The number of piperazine rings is 1. The normalized spacial score (nSPS) is 13.5. The molecule has 6 nitrogen and oxygen atoms in total. The van der Waals surface area contributed by atoms with Crippen LogP contribution in [0.25, 0.3) is 16.9 Å². The number of benzene rings is 3. The number of nitrogens with one attached hydrogen (secondary N) is 1. The molecule has 0 aliphatic carbocycles. The lowest BCUT2D eigenvalue weighted by molar-refractivity contribution is 0.0671. The van der Waals surface area contributed by atoms with Gasteiger partial charge in [0.15, 0.2) is 0 Å². The monoisotopic (exact) mass is 510 g/mol. The van der Waals surface area contributed by atoms with Crippen molar-refractivity contribution in [2.24, 2.45) is 0 Å². The maximum absolute atomic E-state index is 13.7. The largest absolute Gasteiger partial charge is 0.335 e. The smallest absolute Gasteiger partial charge is 0.321 e. The van der Waals surface area contributed by atoms with Crippen LogP contribution in [0.3, 0.4) is 0 Å². The molecule has 4 aromatic rings. The average molecular weight is 511 g/mol. The number of rotatable bonds is 4. The number of hydrogen-bond acceptors (Lipinski definition) is 2. The maximum atomic E-state index is 13.7. The lowest BCUT2D eigenvalue weighted by Crippen LogP contribution is -2.51. The van der Waals surface area contributed by atoms with E-state index in [1.54, 1.807) is 21.9 Å². The number of amides is 3. The van der Waals surface area contributed by atoms with E-state index < -0.39 is 0 Å². The Labute approximate surface area is 222 Å². The third kappa shape index (κ3) is 5.18. The molecule has 0 spiro atoms. The van der Waals surface area contributed by atoms with Crippen LogP contribution in [0.5, 0.6) is 0 Å². The van der Waals surface area contributed by atoms with E-state index in [2.05, 4.69) is 5.32 Å². The number of nitrogens with zero attached hydrogens (tertiary/aromatic N) is 3. The maximum Gasteiger partial charge on any atom is 0.321 e. The third-order valence-corrected chi connectivity index (χ3v) is 7.03. The van der Waals surface area contributed by atoms with Crippen molar-refractivity contribution in [3.8, 4) is 16.9 Å². The number of aromatic nitrogens is 1. The molecule has 1 aliphatic heterocycles. The number of halogens is 1. The zero-order valence-corrected chi connectivity index (χ0v) is 21.9. The lowest BCUT2D eigenvalue weighted by atomic mass is 10.1. The highest BCUT2D eigenvalue weighted by molar-refractivity contribution is 5.97. The van der Waals surface area contributed by atoms with E-state index in [-0.39, 0.29) is 17.8 Å². The minimum atomic E-state index is -0.306. The van der Waals surface area contributed by atoms with Crippen molar-refractivity contribution < 1.29 is 14.0 Å². The molecular weight excluding hydrogens is 479 g/mol. The predicted octanol–water partition coefficient (Wildman–Crippen LogP) is 6.20. The van der Waals surface area contributed by atoms with E-state index in [1.165, 1.54) is 12.1 Å². The first kappa shape index (κ1) is 25.3. The number of carbonyl (C=O) groups excluding carboxylic acids is 2. The van der Waals surface area contributed by atoms with Crippen molar-refractivity contribution in [3.63, 3.8) is 0 Å². The van der Waals surface area contributed by atoms with Crippen molar-refractivity contribution in [1.29, 1.82) is 0 Å². The fourth-order valence-corrected chi connectivity index (χ4v) is 4.89. The Morgan fingerprint density at radius 2 is 1.42 bits per heavy atom. The first-order valence-corrected chi connectivity index (χ1v) is 12.8. The summed E-state index contributed by atoms with van der Waals surface area (Å²) in [6, 6.07) is 23.8. The summed E-state index contributed by atoms with van der Waals surface area (Å²) in [4.78, 5) is 30.0. The Balaban J connectivity index is 1.37. The fourth-order valence-electron chi connectivity index (χ4n) is 4.89. The lowest BCUT2D eigenvalue weighted by Gasteiger charge is -2.34. The van der Waals surface area contributed by atoms with Gasteiger partial charge in [-0.2, -0.15) is 0 Å². The highest BCUT2D eigenvalue weighted by Gasteiger charge is 2.28. The molecule has 1 fully saturated rings. The highest BCUT2D eigenvalue weighted by Crippen LogP contribution is 2.31. The minimum absolute atomic E-state index is 0.0736. The number of aryl methyl sites for hydroxylation is 2. The molecule has 0 radical (unpaired) electrons. The molecule has 0 saturated carbocycles. The van der Waals surface area contributed by atoms with Gasteiger partial charge in [-0.05, 0) is 86.5 Å². The van der Waals surface area contributed by atoms with Crippen molar-refractivity contribution in [2.45, 2.75) is 20.8 Å². The molecular formula is C31H31FN4O2. The van der Waals surface area contributed by atoms with E-state index in [4.69, 9.17) is 0 Å². The zero-order chi connectivity index (χ0) is 26.8. The van der Waals surface area contributed by atoms with E-state index in [1.807, 2.05) is 79.9 Å². The minimum Gasteiger partial charge on any atom is -0.335 e. The Hall–Kier alpha value is -4.39. The van der Waals surface area contributed by atoms with E-state index in [0.29, 0.717) is 31.7 Å². The topological polar surface area (TPSA) is 57.6 Å². The second-order valence-electron chi connectivity index (χ2n) is 9.79. The molecule has 3 amide bonds. The molecule has 0 unspecified atom stereocenters. The number of urea groups is 1.